The van der Waals surface area contributed by atoms with Crippen LogP contribution in [0.2, 0.25) is 0 Å². The SMILES string of the molecule is C/C(=C/O)c1ccccc1N=C1C[CH-]SC(C)C1.[Yb]. The first-order valence-corrected chi connectivity index (χ1v) is 7.09. The number of hydrogen-bond donors (Lipinski definition) is 1. The van der Waals surface area contributed by atoms with Gasteiger partial charge in [-0.15, -0.1) is 6.42 Å². The maximum atomic E-state index is 9.14. The van der Waals surface area contributed by atoms with Crippen molar-refractivity contribution >= 4 is 28.7 Å². The number of allylic oxidation sites excluding steroid dienone is 1. The van der Waals surface area contributed by atoms with Crippen molar-refractivity contribution in [1.29, 1.82) is 0 Å². The van der Waals surface area contributed by atoms with Crippen molar-refractivity contribution in [2.45, 2.75) is 31.9 Å². The van der Waals surface area contributed by atoms with Crippen LogP contribution in [0, 0.1) is 52.7 Å². The second-order valence-corrected chi connectivity index (χ2v) is 5.94. The molecule has 1 heterocycles. The first-order chi connectivity index (χ1) is 8.70. The molecule has 0 aliphatic carbocycles. The third-order valence-electron chi connectivity index (χ3n) is 2.97. The van der Waals surface area contributed by atoms with Crippen LogP contribution in [0.15, 0.2) is 35.5 Å². The minimum atomic E-state index is 0. The fourth-order valence-electron chi connectivity index (χ4n) is 2.01. The summed E-state index contributed by atoms with van der Waals surface area (Å²) in [6, 6.07) is 7.95. The first kappa shape index (κ1) is 17.4. The van der Waals surface area contributed by atoms with E-state index in [0.717, 1.165) is 35.9 Å². The molecule has 1 aliphatic heterocycles. The predicted octanol–water partition coefficient (Wildman–Crippen LogP) is 4.76. The van der Waals surface area contributed by atoms with E-state index < -0.39 is 0 Å². The topological polar surface area (TPSA) is 32.6 Å². The van der Waals surface area contributed by atoms with Crippen molar-refractivity contribution in [1.82, 2.24) is 0 Å². The predicted molar refractivity (Wildman–Crippen MR) is 80.4 cm³/mol. The Morgan fingerprint density at radius 2 is 2.21 bits per heavy atom. The molecule has 1 aliphatic rings. The molecule has 2 rings (SSSR count). The van der Waals surface area contributed by atoms with Crippen LogP contribution in [0.5, 0.6) is 0 Å². The molecule has 110 valence electrons. The molecule has 0 bridgehead atoms. The van der Waals surface area contributed by atoms with E-state index in [1.165, 1.54) is 5.71 Å². The van der Waals surface area contributed by atoms with Gasteiger partial charge in [0, 0.05) is 52.5 Å². The zero-order chi connectivity index (χ0) is 13.0. The minimum absolute atomic E-state index is 0. The Hall–Kier alpha value is 0.299. The summed E-state index contributed by atoms with van der Waals surface area (Å²) in [5.74, 6) is 2.23. The second kappa shape index (κ2) is 8.56. The monoisotopic (exact) mass is 434 g/mol. The van der Waals surface area contributed by atoms with E-state index in [-0.39, 0.29) is 46.9 Å². The molecule has 2 nitrogen and oxygen atoms in total. The number of aliphatic imine (C=N–C) groups is 1. The van der Waals surface area contributed by atoms with E-state index in [1.54, 1.807) is 0 Å². The zero-order valence-corrected chi connectivity index (χ0v) is 13.6. The van der Waals surface area contributed by atoms with Gasteiger partial charge in [0.05, 0.1) is 11.9 Å². The largest absolute Gasteiger partial charge is 0.515 e. The summed E-state index contributed by atoms with van der Waals surface area (Å²) in [6.07, 6.45) is 3.13. The average Bonchev–Trinajstić information content (AvgIpc) is 2.38. The maximum absolute atomic E-state index is 9.14. The van der Waals surface area contributed by atoms with Crippen molar-refractivity contribution in [3.8, 4) is 0 Å². The van der Waals surface area contributed by atoms with Gasteiger partial charge < -0.3 is 16.9 Å². The number of hydrogen-bond acceptors (Lipinski definition) is 3. The smallest absolute Gasteiger partial charge is 0.0827 e. The summed E-state index contributed by atoms with van der Waals surface area (Å²) in [6.45, 7) is 4.12. The molecule has 1 aromatic rings. The second-order valence-electron chi connectivity index (χ2n) is 4.53. The molecule has 1 atom stereocenters. The van der Waals surface area contributed by atoms with Crippen molar-refractivity contribution in [3.05, 3.63) is 41.8 Å². The fraction of sp³-hybridized carbons (Fsp3) is 0.333. The van der Waals surface area contributed by atoms with Crippen LogP contribution in [-0.4, -0.2) is 16.1 Å². The summed E-state index contributed by atoms with van der Waals surface area (Å²) in [5.41, 5.74) is 4.01. The zero-order valence-electron chi connectivity index (χ0n) is 11.0. The van der Waals surface area contributed by atoms with Gasteiger partial charge in [-0.3, -0.25) is 10.7 Å². The van der Waals surface area contributed by atoms with Gasteiger partial charge >= 0.3 is 0 Å². The molecule has 1 saturated heterocycles. The summed E-state index contributed by atoms with van der Waals surface area (Å²) in [5, 5.41) is 9.75. The summed E-state index contributed by atoms with van der Waals surface area (Å²) in [7, 11) is 0. The van der Waals surface area contributed by atoms with Gasteiger partial charge in [-0.25, -0.2) is 0 Å². The molecular weight excluding hydrogens is 415 g/mol. The van der Waals surface area contributed by atoms with E-state index >= 15 is 0 Å². The van der Waals surface area contributed by atoms with Gasteiger partial charge in [-0.05, 0) is 35.9 Å². The Kier molecular flexibility index (Phi) is 7.81. The van der Waals surface area contributed by atoms with Crippen LogP contribution in [0.1, 0.15) is 32.3 Å². The van der Waals surface area contributed by atoms with E-state index in [4.69, 9.17) is 10.1 Å². The Morgan fingerprint density at radius 1 is 1.47 bits per heavy atom. The summed E-state index contributed by atoms with van der Waals surface area (Å²) in [4.78, 5) is 4.76. The number of nitrogens with zero attached hydrogens (tertiary/aromatic N) is 1. The molecule has 0 saturated carbocycles. The molecule has 0 aromatic heterocycles. The van der Waals surface area contributed by atoms with Crippen LogP contribution >= 0.6 is 11.8 Å². The molecule has 19 heavy (non-hydrogen) atoms. The number of rotatable bonds is 2. The third-order valence-corrected chi connectivity index (χ3v) is 3.96. The van der Waals surface area contributed by atoms with Crippen molar-refractivity contribution < 1.29 is 52.0 Å². The molecule has 4 heteroatoms. The van der Waals surface area contributed by atoms with Gasteiger partial charge in [0.2, 0.25) is 0 Å². The average molecular weight is 433 g/mol. The molecule has 1 aromatic carbocycles. The normalized spacial score (nSPS) is 22.1. The number of thioether (sulfide) groups is 1. The Balaban J connectivity index is 0.00000180. The van der Waals surface area contributed by atoms with Crippen LogP contribution in [0.4, 0.5) is 5.69 Å². The first-order valence-electron chi connectivity index (χ1n) is 6.14. The number of benzene rings is 1. The molecule has 1 fully saturated rings. The number of aliphatic hydroxyl groups excluding tert-OH is 1. The minimum Gasteiger partial charge on any atom is -0.515 e. The van der Waals surface area contributed by atoms with Gasteiger partial charge in [-0.2, -0.15) is 0 Å². The van der Waals surface area contributed by atoms with E-state index in [2.05, 4.69) is 12.7 Å². The van der Waals surface area contributed by atoms with Gasteiger partial charge in [0.15, 0.2) is 0 Å². The Morgan fingerprint density at radius 3 is 2.89 bits per heavy atom. The molecule has 0 spiro atoms. The number of aliphatic hydroxyl groups is 1. The van der Waals surface area contributed by atoms with Crippen LogP contribution < -0.4 is 0 Å². The van der Waals surface area contributed by atoms with Gasteiger partial charge in [-0.1, -0.05) is 25.1 Å². The molecule has 1 N–H and O–H groups in total. The van der Waals surface area contributed by atoms with Crippen molar-refractivity contribution in [3.63, 3.8) is 0 Å². The van der Waals surface area contributed by atoms with Crippen molar-refractivity contribution in [2.75, 3.05) is 0 Å². The maximum Gasteiger partial charge on any atom is 0.0827 e. The van der Waals surface area contributed by atoms with Crippen LogP contribution in [-0.2, 0) is 0 Å². The van der Waals surface area contributed by atoms with Crippen LogP contribution in [0.25, 0.3) is 5.57 Å². The van der Waals surface area contributed by atoms with Gasteiger partial charge in [0.1, 0.15) is 0 Å². The fourth-order valence-corrected chi connectivity index (χ4v) is 2.91. The number of para-hydroxylation sites is 1. The Bertz CT molecular complexity index is 485. The quantitative estimate of drug-likeness (QED) is 0.539. The Labute approximate surface area is 158 Å². The third kappa shape index (κ3) is 4.96. The van der Waals surface area contributed by atoms with E-state index in [1.807, 2.05) is 43.0 Å². The van der Waals surface area contributed by atoms with E-state index in [9.17, 15) is 0 Å². The molecule has 0 amide bonds. The summed E-state index contributed by atoms with van der Waals surface area (Å²) < 4.78 is 0. The van der Waals surface area contributed by atoms with Gasteiger partial charge in [0.25, 0.3) is 0 Å². The van der Waals surface area contributed by atoms with Crippen LogP contribution in [0.3, 0.4) is 0 Å². The van der Waals surface area contributed by atoms with E-state index in [0.29, 0.717) is 5.25 Å². The molecule has 1 unspecified atom stereocenters. The summed E-state index contributed by atoms with van der Waals surface area (Å²) >= 11 is 1.89. The van der Waals surface area contributed by atoms with Crippen molar-refractivity contribution in [2.24, 2.45) is 4.99 Å². The molecule has 0 radical (unpaired) electrons. The standard InChI is InChI=1S/C15H18NOS.Yb/c1-11(10-17)14-5-3-4-6-15(14)16-13-7-8-18-12(2)9-13;/h3-6,8,10,12,17H,7,9H2,1-2H3;/q-1;/b11-10-,16-13?;. The molecular formula is C15H18NOSYb-.